The standard InChI is InChI=1S/C18H19ClN2O2/c1-18(2,3)13-7-4-11(5-8-13)17(23)21-15-10-12(16(20)22)6-9-14(15)19/h4-10H,1-3H3,(H2,20,22)(H,21,23). The number of nitrogens with one attached hydrogen (secondary N) is 1. The highest BCUT2D eigenvalue weighted by molar-refractivity contribution is 6.34. The predicted octanol–water partition coefficient (Wildman–Crippen LogP) is 3.99. The number of amides is 2. The Labute approximate surface area is 140 Å². The summed E-state index contributed by atoms with van der Waals surface area (Å²) in [6, 6.07) is 11.9. The maximum atomic E-state index is 12.3. The van der Waals surface area contributed by atoms with Crippen LogP contribution in [0.2, 0.25) is 5.02 Å². The molecule has 2 amide bonds. The number of nitrogens with two attached hydrogens (primary N) is 1. The Morgan fingerprint density at radius 2 is 1.57 bits per heavy atom. The summed E-state index contributed by atoms with van der Waals surface area (Å²) in [4.78, 5) is 23.5. The molecule has 0 bridgehead atoms. The molecular weight excluding hydrogens is 312 g/mol. The van der Waals surface area contributed by atoms with E-state index in [1.807, 2.05) is 12.1 Å². The lowest BCUT2D eigenvalue weighted by molar-refractivity contribution is 0.0996. The number of carbonyl (C=O) groups excluding carboxylic acids is 2. The van der Waals surface area contributed by atoms with E-state index in [-0.39, 0.29) is 16.9 Å². The van der Waals surface area contributed by atoms with Crippen LogP contribution in [-0.4, -0.2) is 11.8 Å². The van der Waals surface area contributed by atoms with Crippen molar-refractivity contribution < 1.29 is 9.59 Å². The van der Waals surface area contributed by atoms with Crippen molar-refractivity contribution in [3.8, 4) is 0 Å². The van der Waals surface area contributed by atoms with E-state index in [4.69, 9.17) is 17.3 Å². The highest BCUT2D eigenvalue weighted by Gasteiger charge is 2.15. The van der Waals surface area contributed by atoms with Gasteiger partial charge in [-0.15, -0.1) is 0 Å². The monoisotopic (exact) mass is 330 g/mol. The van der Waals surface area contributed by atoms with Crippen LogP contribution in [0.15, 0.2) is 42.5 Å². The minimum Gasteiger partial charge on any atom is -0.366 e. The Kier molecular flexibility index (Phi) is 4.76. The van der Waals surface area contributed by atoms with Gasteiger partial charge in [-0.25, -0.2) is 0 Å². The molecule has 0 saturated heterocycles. The van der Waals surface area contributed by atoms with Gasteiger partial charge in [0.05, 0.1) is 10.7 Å². The molecule has 4 nitrogen and oxygen atoms in total. The van der Waals surface area contributed by atoms with E-state index in [2.05, 4.69) is 26.1 Å². The Hall–Kier alpha value is -2.33. The average Bonchev–Trinajstić information content (AvgIpc) is 2.48. The largest absolute Gasteiger partial charge is 0.366 e. The Morgan fingerprint density at radius 1 is 1.00 bits per heavy atom. The molecule has 5 heteroatoms. The second kappa shape index (κ2) is 6.42. The lowest BCUT2D eigenvalue weighted by atomic mass is 9.87. The van der Waals surface area contributed by atoms with E-state index < -0.39 is 5.91 Å². The number of carbonyl (C=O) groups is 2. The SMILES string of the molecule is CC(C)(C)c1ccc(C(=O)Nc2cc(C(N)=O)ccc2Cl)cc1. The fourth-order valence-electron chi connectivity index (χ4n) is 2.09. The highest BCUT2D eigenvalue weighted by Crippen LogP contribution is 2.25. The van der Waals surface area contributed by atoms with Crippen LogP contribution in [-0.2, 0) is 5.41 Å². The molecule has 0 aliphatic rings. The number of rotatable bonds is 3. The zero-order valence-electron chi connectivity index (χ0n) is 13.3. The maximum Gasteiger partial charge on any atom is 0.255 e. The molecule has 0 aromatic heterocycles. The molecule has 0 radical (unpaired) electrons. The van der Waals surface area contributed by atoms with Crippen molar-refractivity contribution in [3.05, 3.63) is 64.2 Å². The van der Waals surface area contributed by atoms with Gasteiger partial charge in [0.1, 0.15) is 0 Å². The van der Waals surface area contributed by atoms with E-state index in [0.29, 0.717) is 16.3 Å². The van der Waals surface area contributed by atoms with E-state index in [9.17, 15) is 9.59 Å². The van der Waals surface area contributed by atoms with Crippen LogP contribution < -0.4 is 11.1 Å². The summed E-state index contributed by atoms with van der Waals surface area (Å²) in [7, 11) is 0. The van der Waals surface area contributed by atoms with Crippen LogP contribution in [0, 0.1) is 0 Å². The number of primary amides is 1. The van der Waals surface area contributed by atoms with Gasteiger partial charge in [-0.05, 0) is 41.3 Å². The molecule has 0 saturated carbocycles. The molecule has 0 unspecified atom stereocenters. The second-order valence-electron chi connectivity index (χ2n) is 6.34. The van der Waals surface area contributed by atoms with Gasteiger partial charge in [-0.3, -0.25) is 9.59 Å². The summed E-state index contributed by atoms with van der Waals surface area (Å²) in [5.74, 6) is -0.874. The zero-order chi connectivity index (χ0) is 17.2. The van der Waals surface area contributed by atoms with Crippen LogP contribution in [0.5, 0.6) is 0 Å². The molecule has 0 atom stereocenters. The third-order valence-corrected chi connectivity index (χ3v) is 3.84. The first-order valence-corrected chi connectivity index (χ1v) is 7.57. The van der Waals surface area contributed by atoms with E-state index in [1.54, 1.807) is 12.1 Å². The minimum atomic E-state index is -0.577. The van der Waals surface area contributed by atoms with Crippen LogP contribution in [0.3, 0.4) is 0 Å². The predicted molar refractivity (Wildman–Crippen MR) is 93.1 cm³/mol. The molecule has 0 fully saturated rings. The highest BCUT2D eigenvalue weighted by atomic mass is 35.5. The van der Waals surface area contributed by atoms with Crippen molar-refractivity contribution in [2.45, 2.75) is 26.2 Å². The molecule has 0 aliphatic heterocycles. The van der Waals surface area contributed by atoms with Crippen molar-refractivity contribution in [1.29, 1.82) is 0 Å². The average molecular weight is 331 g/mol. The van der Waals surface area contributed by atoms with E-state index in [0.717, 1.165) is 5.56 Å². The fraction of sp³-hybridized carbons (Fsp3) is 0.222. The number of benzene rings is 2. The maximum absolute atomic E-state index is 12.3. The van der Waals surface area contributed by atoms with Crippen molar-refractivity contribution in [3.63, 3.8) is 0 Å². The van der Waals surface area contributed by atoms with Gasteiger partial charge >= 0.3 is 0 Å². The van der Waals surface area contributed by atoms with Crippen LogP contribution >= 0.6 is 11.6 Å². The normalized spacial score (nSPS) is 11.1. The van der Waals surface area contributed by atoms with Gasteiger partial charge in [0.15, 0.2) is 0 Å². The van der Waals surface area contributed by atoms with E-state index in [1.165, 1.54) is 18.2 Å². The lowest BCUT2D eigenvalue weighted by Crippen LogP contribution is -2.16. The van der Waals surface area contributed by atoms with Gasteiger partial charge in [0.2, 0.25) is 5.91 Å². The fourth-order valence-corrected chi connectivity index (χ4v) is 2.26. The molecule has 23 heavy (non-hydrogen) atoms. The molecule has 0 heterocycles. The number of halogens is 1. The smallest absolute Gasteiger partial charge is 0.255 e. The number of anilines is 1. The van der Waals surface area contributed by atoms with Crippen molar-refractivity contribution in [1.82, 2.24) is 0 Å². The van der Waals surface area contributed by atoms with Gasteiger partial charge in [0.25, 0.3) is 5.91 Å². The van der Waals surface area contributed by atoms with Crippen LogP contribution in [0.4, 0.5) is 5.69 Å². The minimum absolute atomic E-state index is 0.0220. The van der Waals surface area contributed by atoms with Gasteiger partial charge in [-0.2, -0.15) is 0 Å². The lowest BCUT2D eigenvalue weighted by Gasteiger charge is -2.19. The van der Waals surface area contributed by atoms with Crippen molar-refractivity contribution in [2.75, 3.05) is 5.32 Å². The molecule has 3 N–H and O–H groups in total. The van der Waals surface area contributed by atoms with Crippen LogP contribution in [0.25, 0.3) is 0 Å². The molecule has 2 aromatic carbocycles. The topological polar surface area (TPSA) is 72.2 Å². The molecular formula is C18H19ClN2O2. The van der Waals surface area contributed by atoms with Crippen molar-refractivity contribution in [2.24, 2.45) is 5.73 Å². The molecule has 120 valence electrons. The third-order valence-electron chi connectivity index (χ3n) is 3.51. The summed E-state index contributed by atoms with van der Waals surface area (Å²) in [5, 5.41) is 3.04. The molecule has 2 aromatic rings. The second-order valence-corrected chi connectivity index (χ2v) is 6.75. The Balaban J connectivity index is 2.22. The van der Waals surface area contributed by atoms with Crippen molar-refractivity contribution >= 4 is 29.1 Å². The molecule has 0 spiro atoms. The Morgan fingerprint density at radius 3 is 2.09 bits per heavy atom. The first-order chi connectivity index (χ1) is 10.7. The summed E-state index contributed by atoms with van der Waals surface area (Å²) >= 11 is 6.05. The first-order valence-electron chi connectivity index (χ1n) is 7.20. The molecule has 2 rings (SSSR count). The van der Waals surface area contributed by atoms with Gasteiger partial charge in [-0.1, -0.05) is 44.5 Å². The number of hydrogen-bond donors (Lipinski definition) is 2. The van der Waals surface area contributed by atoms with Gasteiger partial charge < -0.3 is 11.1 Å². The summed E-state index contributed by atoms with van der Waals surface area (Å²) in [6.07, 6.45) is 0. The van der Waals surface area contributed by atoms with E-state index >= 15 is 0 Å². The number of hydrogen-bond acceptors (Lipinski definition) is 2. The third kappa shape index (κ3) is 4.11. The summed E-state index contributed by atoms with van der Waals surface area (Å²) in [5.41, 5.74) is 7.55. The summed E-state index contributed by atoms with van der Waals surface area (Å²) < 4.78 is 0. The zero-order valence-corrected chi connectivity index (χ0v) is 14.1. The molecule has 0 aliphatic carbocycles. The quantitative estimate of drug-likeness (QED) is 0.893. The van der Waals surface area contributed by atoms with Crippen LogP contribution in [0.1, 0.15) is 47.1 Å². The summed E-state index contributed by atoms with van der Waals surface area (Å²) in [6.45, 7) is 6.32. The van der Waals surface area contributed by atoms with Gasteiger partial charge in [0, 0.05) is 11.1 Å². The Bertz CT molecular complexity index is 747. The first kappa shape index (κ1) is 17.0.